The Kier molecular flexibility index (Phi) is 6.00. The van der Waals surface area contributed by atoms with Crippen LogP contribution >= 0.6 is 0 Å². The van der Waals surface area contributed by atoms with E-state index in [1.807, 2.05) is 59.2 Å². The first-order chi connectivity index (χ1) is 14.3. The van der Waals surface area contributed by atoms with Crippen LogP contribution in [0.5, 0.6) is 0 Å². The van der Waals surface area contributed by atoms with E-state index in [9.17, 15) is 4.79 Å². The lowest BCUT2D eigenvalue weighted by Gasteiger charge is -2.34. The summed E-state index contributed by atoms with van der Waals surface area (Å²) in [5.74, 6) is -0.0701. The zero-order valence-electron chi connectivity index (χ0n) is 16.8. The van der Waals surface area contributed by atoms with Gasteiger partial charge in [0.2, 0.25) is 0 Å². The van der Waals surface area contributed by atoms with Crippen molar-refractivity contribution in [3.05, 3.63) is 60.3 Å². The maximum atomic E-state index is 12.4. The fraction of sp³-hybridized carbons (Fsp3) is 0.348. The summed E-state index contributed by atoms with van der Waals surface area (Å²) in [6.45, 7) is 3.58. The Morgan fingerprint density at radius 1 is 1.21 bits per heavy atom. The zero-order valence-corrected chi connectivity index (χ0v) is 16.8. The van der Waals surface area contributed by atoms with Gasteiger partial charge < -0.3 is 0 Å². The van der Waals surface area contributed by atoms with Gasteiger partial charge in [-0.1, -0.05) is 49.7 Å². The van der Waals surface area contributed by atoms with Gasteiger partial charge in [-0.3, -0.25) is 9.69 Å². The third-order valence-corrected chi connectivity index (χ3v) is 5.58. The van der Waals surface area contributed by atoms with Crippen LogP contribution < -0.4 is 5.43 Å². The number of fused-ring (bicyclic) bond motifs is 1. The number of rotatable bonds is 6. The lowest BCUT2D eigenvalue weighted by molar-refractivity contribution is -0.123. The second kappa shape index (κ2) is 9.01. The van der Waals surface area contributed by atoms with Gasteiger partial charge in [-0.05, 0) is 37.9 Å². The normalized spacial score (nSPS) is 17.8. The molecule has 1 N–H and O–H groups in total. The van der Waals surface area contributed by atoms with Crippen LogP contribution in [-0.4, -0.2) is 45.8 Å². The summed E-state index contributed by atoms with van der Waals surface area (Å²) >= 11 is 0. The first-order valence-corrected chi connectivity index (χ1v) is 10.3. The molecule has 1 unspecified atom stereocenters. The van der Waals surface area contributed by atoms with Crippen molar-refractivity contribution in [1.29, 1.82) is 0 Å². The average Bonchev–Trinajstić information content (AvgIpc) is 3.13. The Balaban J connectivity index is 1.51. The van der Waals surface area contributed by atoms with Gasteiger partial charge in [-0.15, -0.1) is 0 Å². The van der Waals surface area contributed by atoms with Crippen LogP contribution in [0.2, 0.25) is 0 Å². The molecule has 1 saturated heterocycles. The van der Waals surface area contributed by atoms with Crippen LogP contribution in [-0.2, 0) is 4.79 Å². The van der Waals surface area contributed by atoms with Crippen LogP contribution in [0.25, 0.3) is 16.8 Å². The summed E-state index contributed by atoms with van der Waals surface area (Å²) in [5.41, 5.74) is 6.41. The summed E-state index contributed by atoms with van der Waals surface area (Å²) in [4.78, 5) is 14.7. The fourth-order valence-corrected chi connectivity index (χ4v) is 4.07. The van der Waals surface area contributed by atoms with Crippen LogP contribution in [0.1, 0.15) is 38.2 Å². The highest BCUT2D eigenvalue weighted by molar-refractivity contribution is 5.97. The SMILES string of the molecule is CCC1CCCCN1CC(=O)NN=Cc1c(-c2ccccc2)nn2ccccc12. The quantitative estimate of drug-likeness (QED) is 0.516. The number of nitrogens with zero attached hydrogens (tertiary/aromatic N) is 4. The lowest BCUT2D eigenvalue weighted by atomic mass is 10.0. The highest BCUT2D eigenvalue weighted by Gasteiger charge is 2.22. The molecule has 0 bridgehead atoms. The molecule has 29 heavy (non-hydrogen) atoms. The third kappa shape index (κ3) is 4.38. The molecule has 1 aromatic carbocycles. The molecule has 1 aliphatic rings. The Bertz CT molecular complexity index is 995. The van der Waals surface area contributed by atoms with Gasteiger partial charge in [0, 0.05) is 23.4 Å². The van der Waals surface area contributed by atoms with E-state index in [-0.39, 0.29) is 5.91 Å². The largest absolute Gasteiger partial charge is 0.291 e. The van der Waals surface area contributed by atoms with Crippen molar-refractivity contribution in [3.63, 3.8) is 0 Å². The molecule has 1 atom stereocenters. The standard InChI is InChI=1S/C23H27N5O/c1-2-19-12-6-8-14-27(19)17-22(29)25-24-16-20-21-13-7-9-15-28(21)26-23(20)18-10-4-3-5-11-18/h3-5,7,9-11,13,15-16,19H,2,6,8,12,14,17H2,1H3,(H,25,29). The number of hydrogen-bond acceptors (Lipinski definition) is 4. The molecule has 2 aromatic heterocycles. The van der Waals surface area contributed by atoms with Crippen molar-refractivity contribution in [1.82, 2.24) is 19.9 Å². The molecule has 0 saturated carbocycles. The van der Waals surface area contributed by atoms with Gasteiger partial charge in [-0.2, -0.15) is 10.2 Å². The van der Waals surface area contributed by atoms with E-state index >= 15 is 0 Å². The molecule has 1 fully saturated rings. The molecule has 6 heteroatoms. The number of amides is 1. The second-order valence-corrected chi connectivity index (χ2v) is 7.48. The molecule has 6 nitrogen and oxygen atoms in total. The maximum Gasteiger partial charge on any atom is 0.254 e. The number of hydrazone groups is 1. The van der Waals surface area contributed by atoms with E-state index in [2.05, 4.69) is 22.4 Å². The minimum Gasteiger partial charge on any atom is -0.291 e. The highest BCUT2D eigenvalue weighted by Crippen LogP contribution is 2.24. The van der Waals surface area contributed by atoms with Gasteiger partial charge in [-0.25, -0.2) is 9.94 Å². The molecular weight excluding hydrogens is 362 g/mol. The first kappa shape index (κ1) is 19.3. The number of carbonyl (C=O) groups is 1. The number of pyridine rings is 1. The number of benzene rings is 1. The lowest BCUT2D eigenvalue weighted by Crippen LogP contribution is -2.44. The van der Waals surface area contributed by atoms with Crippen molar-refractivity contribution in [2.45, 2.75) is 38.6 Å². The maximum absolute atomic E-state index is 12.4. The van der Waals surface area contributed by atoms with Crippen molar-refractivity contribution in [2.24, 2.45) is 5.10 Å². The molecule has 0 aliphatic carbocycles. The summed E-state index contributed by atoms with van der Waals surface area (Å²) < 4.78 is 1.84. The number of piperidine rings is 1. The first-order valence-electron chi connectivity index (χ1n) is 10.3. The molecule has 0 spiro atoms. The predicted octanol–water partition coefficient (Wildman–Crippen LogP) is 3.72. The molecule has 0 radical (unpaired) electrons. The molecule has 4 rings (SSSR count). The summed E-state index contributed by atoms with van der Waals surface area (Å²) in [6.07, 6.45) is 8.30. The number of nitrogens with one attached hydrogen (secondary N) is 1. The minimum absolute atomic E-state index is 0.0701. The van der Waals surface area contributed by atoms with Crippen molar-refractivity contribution in [3.8, 4) is 11.3 Å². The van der Waals surface area contributed by atoms with Gasteiger partial charge >= 0.3 is 0 Å². The van der Waals surface area contributed by atoms with E-state index in [1.54, 1.807) is 6.21 Å². The van der Waals surface area contributed by atoms with Crippen LogP contribution in [0.3, 0.4) is 0 Å². The van der Waals surface area contributed by atoms with Gasteiger partial charge in [0.1, 0.15) is 5.69 Å². The van der Waals surface area contributed by atoms with Crippen molar-refractivity contribution < 1.29 is 4.79 Å². The topological polar surface area (TPSA) is 62.0 Å². The van der Waals surface area contributed by atoms with E-state index < -0.39 is 0 Å². The monoisotopic (exact) mass is 389 g/mol. The minimum atomic E-state index is -0.0701. The third-order valence-electron chi connectivity index (χ3n) is 5.58. The Morgan fingerprint density at radius 2 is 2.03 bits per heavy atom. The van der Waals surface area contributed by atoms with E-state index in [4.69, 9.17) is 5.10 Å². The van der Waals surface area contributed by atoms with Crippen LogP contribution in [0, 0.1) is 0 Å². The van der Waals surface area contributed by atoms with Crippen molar-refractivity contribution in [2.75, 3.05) is 13.1 Å². The predicted molar refractivity (Wildman–Crippen MR) is 116 cm³/mol. The number of likely N-dealkylation sites (tertiary alicyclic amines) is 1. The molecule has 1 amide bonds. The molecule has 3 aromatic rings. The van der Waals surface area contributed by atoms with Gasteiger partial charge in [0.15, 0.2) is 0 Å². The molecule has 1 aliphatic heterocycles. The van der Waals surface area contributed by atoms with Gasteiger partial charge in [0.25, 0.3) is 5.91 Å². The molecular formula is C23H27N5O. The highest BCUT2D eigenvalue weighted by atomic mass is 16.2. The Morgan fingerprint density at radius 3 is 2.86 bits per heavy atom. The van der Waals surface area contributed by atoms with Crippen LogP contribution in [0.15, 0.2) is 59.8 Å². The molecule has 3 heterocycles. The van der Waals surface area contributed by atoms with E-state index in [0.29, 0.717) is 12.6 Å². The number of carbonyl (C=O) groups excluding carboxylic acids is 1. The Labute approximate surface area is 171 Å². The van der Waals surface area contributed by atoms with E-state index in [0.717, 1.165) is 41.7 Å². The fourth-order valence-electron chi connectivity index (χ4n) is 4.07. The van der Waals surface area contributed by atoms with Crippen LogP contribution in [0.4, 0.5) is 0 Å². The number of hydrogen-bond donors (Lipinski definition) is 1. The van der Waals surface area contributed by atoms with Crippen molar-refractivity contribution >= 4 is 17.6 Å². The Hall–Kier alpha value is -2.99. The smallest absolute Gasteiger partial charge is 0.254 e. The molecule has 150 valence electrons. The second-order valence-electron chi connectivity index (χ2n) is 7.48. The zero-order chi connectivity index (χ0) is 20.1. The number of aromatic nitrogens is 2. The van der Waals surface area contributed by atoms with Gasteiger partial charge in [0.05, 0.1) is 18.3 Å². The summed E-state index contributed by atoms with van der Waals surface area (Å²) in [7, 11) is 0. The van der Waals surface area contributed by atoms with E-state index in [1.165, 1.54) is 12.8 Å². The summed E-state index contributed by atoms with van der Waals surface area (Å²) in [6, 6.07) is 16.4. The summed E-state index contributed by atoms with van der Waals surface area (Å²) in [5, 5.41) is 8.96. The average molecular weight is 390 g/mol.